The van der Waals surface area contributed by atoms with Crippen LogP contribution in [-0.2, 0) is 6.54 Å². The molecular formula is C12H19BrN2. The third-order valence-electron chi connectivity index (χ3n) is 2.51. The Balaban J connectivity index is 3.04. The van der Waals surface area contributed by atoms with E-state index in [-0.39, 0.29) is 0 Å². The molecule has 1 aromatic rings. The Hall–Kier alpha value is -0.540. The Morgan fingerprint density at radius 3 is 2.60 bits per heavy atom. The molecule has 0 bridgehead atoms. The lowest BCUT2D eigenvalue weighted by Crippen LogP contribution is -2.25. The van der Waals surface area contributed by atoms with Crippen LogP contribution in [0.2, 0.25) is 0 Å². The number of hydrogen-bond acceptors (Lipinski definition) is 2. The van der Waals surface area contributed by atoms with Crippen LogP contribution in [0.5, 0.6) is 0 Å². The van der Waals surface area contributed by atoms with Crippen molar-refractivity contribution in [2.24, 2.45) is 5.73 Å². The number of hydrogen-bond donors (Lipinski definition) is 1. The lowest BCUT2D eigenvalue weighted by molar-refractivity contribution is 0.784. The first-order valence-corrected chi connectivity index (χ1v) is 6.26. The Morgan fingerprint density at radius 1 is 1.33 bits per heavy atom. The zero-order valence-corrected chi connectivity index (χ0v) is 11.0. The standard InChI is InChI=1S/C12H19BrN2/c1-3-8-15(4-2)12-7-5-6-11(13)10(12)9-14/h5-7H,3-4,8-9,14H2,1-2H3. The van der Waals surface area contributed by atoms with E-state index in [4.69, 9.17) is 5.73 Å². The molecule has 0 fully saturated rings. The average Bonchev–Trinajstić information content (AvgIpc) is 2.25. The van der Waals surface area contributed by atoms with Crippen LogP contribution in [0, 0.1) is 0 Å². The molecule has 2 nitrogen and oxygen atoms in total. The van der Waals surface area contributed by atoms with Gasteiger partial charge in [-0.1, -0.05) is 28.9 Å². The first-order valence-electron chi connectivity index (χ1n) is 5.47. The fourth-order valence-electron chi connectivity index (χ4n) is 1.76. The fraction of sp³-hybridized carbons (Fsp3) is 0.500. The van der Waals surface area contributed by atoms with E-state index in [1.165, 1.54) is 11.3 Å². The van der Waals surface area contributed by atoms with Crippen LogP contribution < -0.4 is 10.6 Å². The van der Waals surface area contributed by atoms with Crippen molar-refractivity contribution in [1.29, 1.82) is 0 Å². The monoisotopic (exact) mass is 270 g/mol. The number of benzene rings is 1. The second-order valence-corrected chi connectivity index (χ2v) is 4.38. The van der Waals surface area contributed by atoms with Gasteiger partial charge < -0.3 is 10.6 Å². The highest BCUT2D eigenvalue weighted by molar-refractivity contribution is 9.10. The summed E-state index contributed by atoms with van der Waals surface area (Å²) in [7, 11) is 0. The Labute approximate surface area is 101 Å². The molecule has 0 amide bonds. The molecule has 15 heavy (non-hydrogen) atoms. The van der Waals surface area contributed by atoms with E-state index >= 15 is 0 Å². The van der Waals surface area contributed by atoms with Crippen molar-refractivity contribution < 1.29 is 0 Å². The highest BCUT2D eigenvalue weighted by atomic mass is 79.9. The Morgan fingerprint density at radius 2 is 2.07 bits per heavy atom. The number of halogens is 1. The number of nitrogens with zero attached hydrogens (tertiary/aromatic N) is 1. The van der Waals surface area contributed by atoms with Crippen LogP contribution >= 0.6 is 15.9 Å². The van der Waals surface area contributed by atoms with Gasteiger partial charge in [-0.15, -0.1) is 0 Å². The molecule has 1 aromatic carbocycles. The first-order chi connectivity index (χ1) is 7.24. The van der Waals surface area contributed by atoms with Crippen molar-refractivity contribution in [2.75, 3.05) is 18.0 Å². The molecule has 0 radical (unpaired) electrons. The average molecular weight is 271 g/mol. The summed E-state index contributed by atoms with van der Waals surface area (Å²) in [4.78, 5) is 2.37. The van der Waals surface area contributed by atoms with Gasteiger partial charge in [0.15, 0.2) is 0 Å². The van der Waals surface area contributed by atoms with Gasteiger partial charge in [-0.3, -0.25) is 0 Å². The molecule has 0 spiro atoms. The molecule has 0 aromatic heterocycles. The van der Waals surface area contributed by atoms with Gasteiger partial charge >= 0.3 is 0 Å². The van der Waals surface area contributed by atoms with Crippen molar-refractivity contribution in [2.45, 2.75) is 26.8 Å². The van der Waals surface area contributed by atoms with Crippen LogP contribution in [0.4, 0.5) is 5.69 Å². The van der Waals surface area contributed by atoms with Crippen molar-refractivity contribution in [3.63, 3.8) is 0 Å². The van der Waals surface area contributed by atoms with Crippen LogP contribution in [0.3, 0.4) is 0 Å². The molecular weight excluding hydrogens is 252 g/mol. The summed E-state index contributed by atoms with van der Waals surface area (Å²) in [5.74, 6) is 0. The number of nitrogens with two attached hydrogens (primary N) is 1. The van der Waals surface area contributed by atoms with Crippen LogP contribution in [0.25, 0.3) is 0 Å². The maximum Gasteiger partial charge on any atom is 0.0423 e. The summed E-state index contributed by atoms with van der Waals surface area (Å²) in [5.41, 5.74) is 8.25. The largest absolute Gasteiger partial charge is 0.372 e. The minimum Gasteiger partial charge on any atom is -0.372 e. The molecule has 1 rings (SSSR count). The third kappa shape index (κ3) is 2.95. The minimum atomic E-state index is 0.580. The van der Waals surface area contributed by atoms with E-state index in [0.717, 1.165) is 24.0 Å². The lowest BCUT2D eigenvalue weighted by atomic mass is 10.1. The van der Waals surface area contributed by atoms with Crippen LogP contribution in [-0.4, -0.2) is 13.1 Å². The van der Waals surface area contributed by atoms with E-state index in [1.54, 1.807) is 0 Å². The van der Waals surface area contributed by atoms with Crippen molar-refractivity contribution >= 4 is 21.6 Å². The zero-order chi connectivity index (χ0) is 11.3. The van der Waals surface area contributed by atoms with E-state index in [0.29, 0.717) is 6.54 Å². The van der Waals surface area contributed by atoms with E-state index in [2.05, 4.69) is 46.8 Å². The van der Waals surface area contributed by atoms with E-state index in [9.17, 15) is 0 Å². The third-order valence-corrected chi connectivity index (χ3v) is 3.26. The van der Waals surface area contributed by atoms with Gasteiger partial charge in [0.2, 0.25) is 0 Å². The van der Waals surface area contributed by atoms with Gasteiger partial charge in [0.1, 0.15) is 0 Å². The van der Waals surface area contributed by atoms with Crippen LogP contribution in [0.1, 0.15) is 25.8 Å². The van der Waals surface area contributed by atoms with E-state index < -0.39 is 0 Å². The summed E-state index contributed by atoms with van der Waals surface area (Å²) >= 11 is 3.55. The molecule has 2 N–H and O–H groups in total. The Kier molecular flexibility index (Phi) is 5.12. The molecule has 0 aliphatic rings. The van der Waals surface area contributed by atoms with Gasteiger partial charge in [-0.25, -0.2) is 0 Å². The zero-order valence-electron chi connectivity index (χ0n) is 9.46. The summed E-state index contributed by atoms with van der Waals surface area (Å²) < 4.78 is 1.11. The smallest absolute Gasteiger partial charge is 0.0423 e. The van der Waals surface area contributed by atoms with Gasteiger partial charge in [-0.2, -0.15) is 0 Å². The van der Waals surface area contributed by atoms with Gasteiger partial charge in [-0.05, 0) is 25.5 Å². The number of anilines is 1. The topological polar surface area (TPSA) is 29.3 Å². The Bertz CT molecular complexity index is 312. The van der Waals surface area contributed by atoms with Gasteiger partial charge in [0, 0.05) is 35.4 Å². The normalized spacial score (nSPS) is 10.4. The lowest BCUT2D eigenvalue weighted by Gasteiger charge is -2.25. The quantitative estimate of drug-likeness (QED) is 0.891. The van der Waals surface area contributed by atoms with E-state index in [1.807, 2.05) is 6.07 Å². The molecule has 0 saturated heterocycles. The molecule has 0 aliphatic carbocycles. The van der Waals surface area contributed by atoms with Gasteiger partial charge in [0.05, 0.1) is 0 Å². The highest BCUT2D eigenvalue weighted by Crippen LogP contribution is 2.27. The van der Waals surface area contributed by atoms with Gasteiger partial charge in [0.25, 0.3) is 0 Å². The molecule has 0 heterocycles. The van der Waals surface area contributed by atoms with Crippen molar-refractivity contribution in [1.82, 2.24) is 0 Å². The molecule has 0 aliphatic heterocycles. The van der Waals surface area contributed by atoms with Crippen molar-refractivity contribution in [3.8, 4) is 0 Å². The summed E-state index contributed by atoms with van der Waals surface area (Å²) in [6, 6.07) is 6.26. The predicted molar refractivity (Wildman–Crippen MR) is 70.2 cm³/mol. The summed E-state index contributed by atoms with van der Waals surface area (Å²) in [5, 5.41) is 0. The molecule has 0 unspecified atom stereocenters. The number of rotatable bonds is 5. The van der Waals surface area contributed by atoms with Crippen LogP contribution in [0.15, 0.2) is 22.7 Å². The summed E-state index contributed by atoms with van der Waals surface area (Å²) in [6.45, 7) is 7.06. The maximum absolute atomic E-state index is 5.78. The van der Waals surface area contributed by atoms with Crippen molar-refractivity contribution in [3.05, 3.63) is 28.2 Å². The SMILES string of the molecule is CCCN(CC)c1cccc(Br)c1CN. The molecule has 0 atom stereocenters. The summed E-state index contributed by atoms with van der Waals surface area (Å²) in [6.07, 6.45) is 1.16. The highest BCUT2D eigenvalue weighted by Gasteiger charge is 2.10. The fourth-order valence-corrected chi connectivity index (χ4v) is 2.28. The minimum absolute atomic E-state index is 0.580. The second kappa shape index (κ2) is 6.13. The maximum atomic E-state index is 5.78. The second-order valence-electron chi connectivity index (χ2n) is 3.52. The predicted octanol–water partition coefficient (Wildman–Crippen LogP) is 3.14. The first kappa shape index (κ1) is 12.5. The molecule has 3 heteroatoms. The molecule has 84 valence electrons. The molecule has 0 saturated carbocycles.